The minimum absolute atomic E-state index is 0.210. The second-order valence-corrected chi connectivity index (χ2v) is 4.87. The van der Waals surface area contributed by atoms with E-state index in [2.05, 4.69) is 0 Å². The maximum atomic E-state index is 12.6. The molecule has 0 saturated heterocycles. The topological polar surface area (TPSA) is 12.5 Å². The van der Waals surface area contributed by atoms with E-state index in [-0.39, 0.29) is 6.10 Å². The molecule has 0 saturated carbocycles. The zero-order chi connectivity index (χ0) is 13.7. The van der Waals surface area contributed by atoms with Crippen molar-refractivity contribution in [3.8, 4) is 0 Å². The summed E-state index contributed by atoms with van der Waals surface area (Å²) in [6.45, 7) is 9.97. The molecule has 102 valence electrons. The van der Waals surface area contributed by atoms with E-state index in [0.29, 0.717) is 6.54 Å². The predicted octanol–water partition coefficient (Wildman–Crippen LogP) is 2.84. The fourth-order valence-corrected chi connectivity index (χ4v) is 2.05. The SMILES string of the molecule is CBN(CC)CC(C)(CC(F)(F)F)OC(C)C. The molecule has 0 amide bonds. The maximum absolute atomic E-state index is 12.6. The molecule has 0 spiro atoms. The van der Waals surface area contributed by atoms with Crippen molar-refractivity contribution in [1.82, 2.24) is 4.81 Å². The average Bonchev–Trinajstić information content (AvgIpc) is 2.09. The molecule has 0 N–H and O–H groups in total. The minimum atomic E-state index is -4.20. The van der Waals surface area contributed by atoms with Gasteiger partial charge in [-0.15, -0.1) is 0 Å². The summed E-state index contributed by atoms with van der Waals surface area (Å²) in [5, 5.41) is 0. The Morgan fingerprint density at radius 1 is 1.29 bits per heavy atom. The Hall–Kier alpha value is -0.225. The van der Waals surface area contributed by atoms with Gasteiger partial charge in [-0.25, -0.2) is 0 Å². The molecule has 0 aromatic carbocycles. The van der Waals surface area contributed by atoms with E-state index in [1.165, 1.54) is 0 Å². The third-order valence-corrected chi connectivity index (χ3v) is 2.55. The summed E-state index contributed by atoms with van der Waals surface area (Å²) in [5.41, 5.74) is -1.17. The van der Waals surface area contributed by atoms with Gasteiger partial charge in [-0.1, -0.05) is 13.7 Å². The van der Waals surface area contributed by atoms with E-state index in [1.807, 2.05) is 18.6 Å². The molecule has 0 aromatic rings. The summed E-state index contributed by atoms with van der Waals surface area (Å²) >= 11 is 0. The molecule has 0 aliphatic heterocycles. The van der Waals surface area contributed by atoms with Crippen molar-refractivity contribution in [2.24, 2.45) is 0 Å². The molecule has 0 rings (SSSR count). The molecule has 0 bridgehead atoms. The van der Waals surface area contributed by atoms with Crippen LogP contribution < -0.4 is 0 Å². The Morgan fingerprint density at radius 3 is 2.12 bits per heavy atom. The van der Waals surface area contributed by atoms with Crippen LogP contribution >= 0.6 is 0 Å². The van der Waals surface area contributed by atoms with Crippen LogP contribution in [0.4, 0.5) is 13.2 Å². The van der Waals surface area contributed by atoms with E-state index in [0.717, 1.165) is 14.0 Å². The highest BCUT2D eigenvalue weighted by molar-refractivity contribution is 6.29. The number of halogens is 3. The van der Waals surface area contributed by atoms with Crippen molar-refractivity contribution >= 4 is 7.41 Å². The van der Waals surface area contributed by atoms with E-state index >= 15 is 0 Å². The van der Waals surface area contributed by atoms with Gasteiger partial charge in [0.1, 0.15) is 0 Å². The Balaban J connectivity index is 4.71. The van der Waals surface area contributed by atoms with Gasteiger partial charge in [0.15, 0.2) is 0 Å². The van der Waals surface area contributed by atoms with Crippen molar-refractivity contribution in [3.05, 3.63) is 0 Å². The first-order chi connectivity index (χ1) is 7.62. The molecule has 6 heteroatoms. The number of alkyl halides is 3. The first kappa shape index (κ1) is 16.8. The van der Waals surface area contributed by atoms with Crippen LogP contribution in [0.5, 0.6) is 0 Å². The largest absolute Gasteiger partial charge is 0.391 e. The molecule has 17 heavy (non-hydrogen) atoms. The first-order valence-corrected chi connectivity index (χ1v) is 6.09. The van der Waals surface area contributed by atoms with Crippen LogP contribution in [-0.2, 0) is 4.74 Å². The molecule has 1 atom stereocenters. The number of hydrogen-bond donors (Lipinski definition) is 0. The van der Waals surface area contributed by atoms with Crippen LogP contribution in [0.1, 0.15) is 34.1 Å². The monoisotopic (exact) mass is 253 g/mol. The smallest absolute Gasteiger partial charge is 0.371 e. The first-order valence-electron chi connectivity index (χ1n) is 6.09. The van der Waals surface area contributed by atoms with Gasteiger partial charge in [0, 0.05) is 6.54 Å². The lowest BCUT2D eigenvalue weighted by molar-refractivity contribution is -0.194. The molecule has 2 nitrogen and oxygen atoms in total. The molecule has 0 heterocycles. The van der Waals surface area contributed by atoms with E-state index < -0.39 is 18.2 Å². The highest BCUT2D eigenvalue weighted by Gasteiger charge is 2.41. The van der Waals surface area contributed by atoms with Gasteiger partial charge in [0.2, 0.25) is 7.41 Å². The number of nitrogens with zero attached hydrogens (tertiary/aromatic N) is 1. The van der Waals surface area contributed by atoms with Gasteiger partial charge in [-0.3, -0.25) is 0 Å². The summed E-state index contributed by atoms with van der Waals surface area (Å²) in [6, 6.07) is 0. The van der Waals surface area contributed by atoms with E-state index in [4.69, 9.17) is 4.74 Å². The molecule has 0 fully saturated rings. The third-order valence-electron chi connectivity index (χ3n) is 2.55. The molecule has 0 radical (unpaired) electrons. The van der Waals surface area contributed by atoms with E-state index in [1.54, 1.807) is 20.8 Å². The molecule has 0 aliphatic rings. The Kier molecular flexibility index (Phi) is 6.55. The highest BCUT2D eigenvalue weighted by Crippen LogP contribution is 2.31. The van der Waals surface area contributed by atoms with Gasteiger partial charge in [-0.2, -0.15) is 13.2 Å². The van der Waals surface area contributed by atoms with Crippen LogP contribution in [0, 0.1) is 0 Å². The van der Waals surface area contributed by atoms with Crippen LogP contribution in [0.2, 0.25) is 6.82 Å². The maximum Gasteiger partial charge on any atom is 0.391 e. The molecule has 0 aromatic heterocycles. The summed E-state index contributed by atoms with van der Waals surface area (Å²) in [7, 11) is 0.728. The lowest BCUT2D eigenvalue weighted by Gasteiger charge is -2.37. The number of ether oxygens (including phenoxy) is 1. The van der Waals surface area contributed by atoms with Crippen LogP contribution in [0.15, 0.2) is 0 Å². The van der Waals surface area contributed by atoms with Crippen molar-refractivity contribution in [3.63, 3.8) is 0 Å². The second-order valence-electron chi connectivity index (χ2n) is 4.87. The summed E-state index contributed by atoms with van der Waals surface area (Å²) in [6.07, 6.45) is -5.32. The Morgan fingerprint density at radius 2 is 1.82 bits per heavy atom. The van der Waals surface area contributed by atoms with Gasteiger partial charge < -0.3 is 9.55 Å². The second kappa shape index (κ2) is 6.64. The van der Waals surface area contributed by atoms with Crippen molar-refractivity contribution in [2.45, 2.75) is 58.8 Å². The molecule has 0 aliphatic carbocycles. The fourth-order valence-electron chi connectivity index (χ4n) is 2.05. The number of hydrogen-bond acceptors (Lipinski definition) is 2. The van der Waals surface area contributed by atoms with Crippen LogP contribution in [0.25, 0.3) is 0 Å². The molecule has 1 unspecified atom stereocenters. The fraction of sp³-hybridized carbons (Fsp3) is 1.00. The lowest BCUT2D eigenvalue weighted by atomic mass is 9.91. The number of rotatable bonds is 7. The predicted molar refractivity (Wildman–Crippen MR) is 65.6 cm³/mol. The van der Waals surface area contributed by atoms with Crippen molar-refractivity contribution in [2.75, 3.05) is 13.1 Å². The summed E-state index contributed by atoms with van der Waals surface area (Å²) in [4.78, 5) is 1.95. The van der Waals surface area contributed by atoms with Gasteiger partial charge in [0.25, 0.3) is 0 Å². The van der Waals surface area contributed by atoms with E-state index in [9.17, 15) is 13.2 Å². The quantitative estimate of drug-likeness (QED) is 0.647. The van der Waals surface area contributed by atoms with Crippen LogP contribution in [0.3, 0.4) is 0 Å². The van der Waals surface area contributed by atoms with Gasteiger partial charge >= 0.3 is 6.18 Å². The van der Waals surface area contributed by atoms with Crippen molar-refractivity contribution in [1.29, 1.82) is 0 Å². The third kappa shape index (κ3) is 7.65. The zero-order valence-corrected chi connectivity index (χ0v) is 11.4. The van der Waals surface area contributed by atoms with Crippen molar-refractivity contribution < 1.29 is 17.9 Å². The zero-order valence-electron chi connectivity index (χ0n) is 11.4. The standard InChI is InChI=1S/C11H23BF3NO/c1-6-16(12-5)8-10(4,17-9(2)3)7-11(13,14)15/h9,12H,6-8H2,1-5H3. The Labute approximate surface area is 103 Å². The average molecular weight is 253 g/mol. The Bertz CT molecular complexity index is 219. The van der Waals surface area contributed by atoms with Gasteiger partial charge in [0.05, 0.1) is 18.1 Å². The normalized spacial score (nSPS) is 16.4. The minimum Gasteiger partial charge on any atom is -0.371 e. The number of likely N-dealkylation sites (N-methyl/N-ethyl adjacent to an activating group) is 1. The molecular weight excluding hydrogens is 230 g/mol. The molecular formula is C11H23BF3NO. The van der Waals surface area contributed by atoms with Gasteiger partial charge in [-0.05, 0) is 27.3 Å². The lowest BCUT2D eigenvalue weighted by Crippen LogP contribution is -2.47. The highest BCUT2D eigenvalue weighted by atomic mass is 19.4. The summed E-state index contributed by atoms with van der Waals surface area (Å²) in [5.74, 6) is 0. The van der Waals surface area contributed by atoms with Crippen LogP contribution in [-0.4, -0.2) is 43.2 Å². The summed E-state index contributed by atoms with van der Waals surface area (Å²) < 4.78 is 43.2.